The molecule has 1 rings (SSSR count). The smallest absolute Gasteiger partial charge is 0.0410 e. The van der Waals surface area contributed by atoms with Crippen molar-refractivity contribution in [1.82, 2.24) is 4.90 Å². The third-order valence-corrected chi connectivity index (χ3v) is 3.33. The molecular weight excluding hydrogens is 220 g/mol. The van der Waals surface area contributed by atoms with E-state index in [1.165, 1.54) is 0 Å². The molecular formula is C13H21ClN2. The van der Waals surface area contributed by atoms with Gasteiger partial charge in [0.2, 0.25) is 0 Å². The van der Waals surface area contributed by atoms with Gasteiger partial charge in [-0.1, -0.05) is 25.4 Å². The first-order chi connectivity index (χ1) is 7.58. The molecule has 0 saturated carbocycles. The Bertz CT molecular complexity index is 339. The van der Waals surface area contributed by atoms with Gasteiger partial charge in [-0.25, -0.2) is 0 Å². The minimum absolute atomic E-state index is 0.573. The van der Waals surface area contributed by atoms with Crippen molar-refractivity contribution in [3.63, 3.8) is 0 Å². The van der Waals surface area contributed by atoms with Crippen LogP contribution in [0.3, 0.4) is 0 Å². The van der Waals surface area contributed by atoms with E-state index in [4.69, 9.17) is 17.3 Å². The molecule has 0 aliphatic carbocycles. The van der Waals surface area contributed by atoms with Gasteiger partial charge in [-0.05, 0) is 43.7 Å². The van der Waals surface area contributed by atoms with E-state index in [-0.39, 0.29) is 0 Å². The Morgan fingerprint density at radius 1 is 1.38 bits per heavy atom. The van der Waals surface area contributed by atoms with E-state index in [1.807, 2.05) is 18.2 Å². The Morgan fingerprint density at radius 3 is 2.62 bits per heavy atom. The number of nitrogens with two attached hydrogens (primary N) is 1. The van der Waals surface area contributed by atoms with Gasteiger partial charge in [0.05, 0.1) is 0 Å². The van der Waals surface area contributed by atoms with Crippen LogP contribution in [-0.2, 0) is 6.54 Å². The minimum Gasteiger partial charge on any atom is -0.398 e. The van der Waals surface area contributed by atoms with Gasteiger partial charge >= 0.3 is 0 Å². The van der Waals surface area contributed by atoms with Crippen molar-refractivity contribution in [2.75, 3.05) is 12.3 Å². The van der Waals surface area contributed by atoms with Gasteiger partial charge in [0.1, 0.15) is 0 Å². The first-order valence-electron chi connectivity index (χ1n) is 5.86. The van der Waals surface area contributed by atoms with Crippen LogP contribution in [0.4, 0.5) is 5.69 Å². The molecule has 0 fully saturated rings. The van der Waals surface area contributed by atoms with E-state index in [2.05, 4.69) is 25.7 Å². The van der Waals surface area contributed by atoms with Crippen LogP contribution >= 0.6 is 11.6 Å². The molecule has 1 aromatic carbocycles. The fourth-order valence-corrected chi connectivity index (χ4v) is 1.96. The van der Waals surface area contributed by atoms with Crippen LogP contribution in [0.2, 0.25) is 5.02 Å². The monoisotopic (exact) mass is 240 g/mol. The van der Waals surface area contributed by atoms with Gasteiger partial charge in [0.25, 0.3) is 0 Å². The third-order valence-electron chi connectivity index (χ3n) is 3.10. The minimum atomic E-state index is 0.573. The van der Waals surface area contributed by atoms with Gasteiger partial charge < -0.3 is 5.73 Å². The van der Waals surface area contributed by atoms with E-state index in [1.54, 1.807) is 0 Å². The Kier molecular flexibility index (Phi) is 5.10. The number of hydrogen-bond acceptors (Lipinski definition) is 2. The maximum Gasteiger partial charge on any atom is 0.0410 e. The standard InChI is InChI=1S/C13H21ClN2/c1-4-10(3)16(5-2)9-11-8-12(14)6-7-13(11)15/h6-8,10H,4-5,9,15H2,1-3H3. The fraction of sp³-hybridized carbons (Fsp3) is 0.538. The lowest BCUT2D eigenvalue weighted by molar-refractivity contribution is 0.206. The second-order valence-corrected chi connectivity index (χ2v) is 4.60. The molecule has 90 valence electrons. The molecule has 0 aliphatic heterocycles. The molecule has 1 unspecified atom stereocenters. The summed E-state index contributed by atoms with van der Waals surface area (Å²) in [6.07, 6.45) is 1.15. The molecule has 3 heteroatoms. The highest BCUT2D eigenvalue weighted by Gasteiger charge is 2.12. The summed E-state index contributed by atoms with van der Waals surface area (Å²) in [6.45, 7) is 8.52. The number of hydrogen-bond donors (Lipinski definition) is 1. The van der Waals surface area contributed by atoms with Crippen LogP contribution in [0.25, 0.3) is 0 Å². The van der Waals surface area contributed by atoms with Crippen molar-refractivity contribution in [3.05, 3.63) is 28.8 Å². The summed E-state index contributed by atoms with van der Waals surface area (Å²) in [7, 11) is 0. The van der Waals surface area contributed by atoms with Crippen molar-refractivity contribution >= 4 is 17.3 Å². The SMILES string of the molecule is CCC(C)N(CC)Cc1cc(Cl)ccc1N. The number of benzene rings is 1. The van der Waals surface area contributed by atoms with Crippen LogP contribution in [0.15, 0.2) is 18.2 Å². The number of rotatable bonds is 5. The van der Waals surface area contributed by atoms with Crippen molar-refractivity contribution in [1.29, 1.82) is 0 Å². The Hall–Kier alpha value is -0.730. The van der Waals surface area contributed by atoms with Gasteiger partial charge in [0, 0.05) is 23.3 Å². The number of nitrogen functional groups attached to an aromatic ring is 1. The van der Waals surface area contributed by atoms with Crippen LogP contribution in [0.5, 0.6) is 0 Å². The zero-order chi connectivity index (χ0) is 12.1. The number of nitrogens with zero attached hydrogens (tertiary/aromatic N) is 1. The molecule has 0 amide bonds. The molecule has 1 atom stereocenters. The highest BCUT2D eigenvalue weighted by atomic mass is 35.5. The lowest BCUT2D eigenvalue weighted by Gasteiger charge is -2.27. The average molecular weight is 241 g/mol. The topological polar surface area (TPSA) is 29.3 Å². The predicted molar refractivity (Wildman–Crippen MR) is 71.7 cm³/mol. The van der Waals surface area contributed by atoms with Crippen LogP contribution in [0, 0.1) is 0 Å². The molecule has 0 heterocycles. The molecule has 0 spiro atoms. The zero-order valence-electron chi connectivity index (χ0n) is 10.3. The molecule has 0 saturated heterocycles. The zero-order valence-corrected chi connectivity index (χ0v) is 11.1. The highest BCUT2D eigenvalue weighted by molar-refractivity contribution is 6.30. The predicted octanol–water partition coefficient (Wildman–Crippen LogP) is 3.54. The maximum atomic E-state index is 5.98. The summed E-state index contributed by atoms with van der Waals surface area (Å²) in [4.78, 5) is 2.40. The average Bonchev–Trinajstić information content (AvgIpc) is 2.29. The molecule has 0 bridgehead atoms. The lowest BCUT2D eigenvalue weighted by atomic mass is 10.1. The molecule has 16 heavy (non-hydrogen) atoms. The van der Waals surface area contributed by atoms with E-state index < -0.39 is 0 Å². The Morgan fingerprint density at radius 2 is 2.06 bits per heavy atom. The quantitative estimate of drug-likeness (QED) is 0.798. The van der Waals surface area contributed by atoms with Crippen LogP contribution in [-0.4, -0.2) is 17.5 Å². The molecule has 0 aliphatic rings. The summed E-state index contributed by atoms with van der Waals surface area (Å²) in [5, 5.41) is 0.754. The molecule has 2 N–H and O–H groups in total. The van der Waals surface area contributed by atoms with E-state index in [9.17, 15) is 0 Å². The van der Waals surface area contributed by atoms with E-state index >= 15 is 0 Å². The van der Waals surface area contributed by atoms with E-state index in [0.717, 1.165) is 35.8 Å². The fourth-order valence-electron chi connectivity index (χ4n) is 1.77. The normalized spacial score (nSPS) is 13.1. The summed E-state index contributed by atoms with van der Waals surface area (Å²) in [6, 6.07) is 6.24. The number of anilines is 1. The van der Waals surface area contributed by atoms with E-state index in [0.29, 0.717) is 6.04 Å². The summed E-state index contributed by atoms with van der Waals surface area (Å²) in [5.41, 5.74) is 7.89. The van der Waals surface area contributed by atoms with Gasteiger partial charge in [-0.2, -0.15) is 0 Å². The Labute approximate surface area is 103 Å². The molecule has 0 radical (unpaired) electrons. The lowest BCUT2D eigenvalue weighted by Crippen LogP contribution is -2.32. The van der Waals surface area contributed by atoms with Gasteiger partial charge in [0.15, 0.2) is 0 Å². The van der Waals surface area contributed by atoms with Crippen molar-refractivity contribution in [2.45, 2.75) is 39.8 Å². The van der Waals surface area contributed by atoms with Crippen LogP contribution in [0.1, 0.15) is 32.8 Å². The third kappa shape index (κ3) is 3.39. The van der Waals surface area contributed by atoms with Crippen LogP contribution < -0.4 is 5.73 Å². The Balaban J connectivity index is 2.81. The maximum absolute atomic E-state index is 5.98. The highest BCUT2D eigenvalue weighted by Crippen LogP contribution is 2.20. The molecule has 1 aromatic rings. The van der Waals surface area contributed by atoms with Crippen molar-refractivity contribution in [3.8, 4) is 0 Å². The second-order valence-electron chi connectivity index (χ2n) is 4.16. The van der Waals surface area contributed by atoms with Gasteiger partial charge in [-0.3, -0.25) is 4.90 Å². The molecule has 0 aromatic heterocycles. The summed E-state index contributed by atoms with van der Waals surface area (Å²) >= 11 is 5.98. The second kappa shape index (κ2) is 6.12. The first-order valence-corrected chi connectivity index (χ1v) is 6.24. The largest absolute Gasteiger partial charge is 0.398 e. The van der Waals surface area contributed by atoms with Crippen molar-refractivity contribution < 1.29 is 0 Å². The molecule has 2 nitrogen and oxygen atoms in total. The summed E-state index contributed by atoms with van der Waals surface area (Å²) in [5.74, 6) is 0. The summed E-state index contributed by atoms with van der Waals surface area (Å²) < 4.78 is 0. The van der Waals surface area contributed by atoms with Crippen molar-refractivity contribution in [2.24, 2.45) is 0 Å². The van der Waals surface area contributed by atoms with Gasteiger partial charge in [-0.15, -0.1) is 0 Å². The first kappa shape index (κ1) is 13.3. The number of halogens is 1.